The Hall–Kier alpha value is -3.85. The first-order valence-electron chi connectivity index (χ1n) is 10.9. The molecule has 34 heavy (non-hydrogen) atoms. The number of rotatable bonds is 10. The molecule has 9 nitrogen and oxygen atoms in total. The molecule has 0 saturated heterocycles. The first-order valence-corrected chi connectivity index (χ1v) is 10.9. The molecule has 180 valence electrons. The van der Waals surface area contributed by atoms with E-state index in [0.717, 1.165) is 15.7 Å². The lowest BCUT2D eigenvalue weighted by molar-refractivity contribution is 0.0941. The summed E-state index contributed by atoms with van der Waals surface area (Å²) in [6.45, 7) is 2.35. The van der Waals surface area contributed by atoms with Gasteiger partial charge in [0.1, 0.15) is 11.4 Å². The average molecular weight is 467 g/mol. The van der Waals surface area contributed by atoms with Crippen LogP contribution in [0, 0.1) is 0 Å². The minimum absolute atomic E-state index is 0.0545. The number of nitrogens with two attached hydrogens (primary N) is 1. The highest BCUT2D eigenvalue weighted by Crippen LogP contribution is 2.28. The molecule has 1 aromatic heterocycles. The van der Waals surface area contributed by atoms with Gasteiger partial charge in [-0.25, -0.2) is 4.79 Å². The van der Waals surface area contributed by atoms with Crippen LogP contribution >= 0.6 is 0 Å². The number of hydrogen-bond donors (Lipinski definition) is 1. The molecule has 9 heteroatoms. The number of nitrogen functional groups attached to an aromatic ring is 1. The van der Waals surface area contributed by atoms with E-state index in [-0.39, 0.29) is 31.0 Å². The molecule has 0 amide bonds. The highest BCUT2D eigenvalue weighted by atomic mass is 16.5. The highest BCUT2D eigenvalue weighted by molar-refractivity contribution is 6.01. The molecule has 0 unspecified atom stereocenters. The Kier molecular flexibility index (Phi) is 7.91. The smallest absolute Gasteiger partial charge is 0.332 e. The summed E-state index contributed by atoms with van der Waals surface area (Å²) < 4.78 is 12.9. The number of nitrogens with zero attached hydrogens (tertiary/aromatic N) is 3. The SMILES string of the molecule is CCn1c(=O)c(C(=O)CN(C)Cc2ccc(OC)c(OC)c2)c(N)n(Cc2ccccc2)c1=O. The second kappa shape index (κ2) is 10.8. The third kappa shape index (κ3) is 5.20. The Labute approximate surface area is 198 Å². The van der Waals surface area contributed by atoms with Gasteiger partial charge in [0.15, 0.2) is 17.3 Å². The minimum atomic E-state index is -0.668. The number of carbonyl (C=O) groups excluding carboxylic acids is 1. The molecular weight excluding hydrogens is 436 g/mol. The van der Waals surface area contributed by atoms with E-state index in [9.17, 15) is 14.4 Å². The maximum atomic E-state index is 13.2. The van der Waals surface area contributed by atoms with Gasteiger partial charge in [-0.2, -0.15) is 0 Å². The van der Waals surface area contributed by atoms with Crippen LogP contribution in [0.1, 0.15) is 28.4 Å². The van der Waals surface area contributed by atoms with Gasteiger partial charge in [-0.05, 0) is 37.2 Å². The van der Waals surface area contributed by atoms with Gasteiger partial charge < -0.3 is 15.2 Å². The van der Waals surface area contributed by atoms with Gasteiger partial charge in [-0.15, -0.1) is 0 Å². The summed E-state index contributed by atoms with van der Waals surface area (Å²) in [4.78, 5) is 40.8. The monoisotopic (exact) mass is 466 g/mol. The summed E-state index contributed by atoms with van der Waals surface area (Å²) in [5.74, 6) is 0.629. The lowest BCUT2D eigenvalue weighted by Gasteiger charge is -2.19. The quantitative estimate of drug-likeness (QED) is 0.455. The fraction of sp³-hybridized carbons (Fsp3) is 0.320. The van der Waals surface area contributed by atoms with Crippen LogP contribution in [0.3, 0.4) is 0 Å². The molecule has 0 aliphatic heterocycles. The molecule has 0 aliphatic carbocycles. The standard InChI is InChI=1S/C25H30N4O5/c1-5-28-24(31)22(23(26)29(25(28)32)15-17-9-7-6-8-10-17)19(30)16-27(2)14-18-11-12-20(33-3)21(13-18)34-4/h6-13H,5,14-16,26H2,1-4H3. The van der Waals surface area contributed by atoms with Gasteiger partial charge in [-0.3, -0.25) is 23.6 Å². The van der Waals surface area contributed by atoms with Gasteiger partial charge in [0.25, 0.3) is 5.56 Å². The minimum Gasteiger partial charge on any atom is -0.493 e. The molecule has 0 radical (unpaired) electrons. The van der Waals surface area contributed by atoms with Crippen molar-refractivity contribution in [3.63, 3.8) is 0 Å². The van der Waals surface area contributed by atoms with E-state index >= 15 is 0 Å². The van der Waals surface area contributed by atoms with Crippen LogP contribution in [0.25, 0.3) is 0 Å². The number of likely N-dealkylation sites (N-methyl/N-ethyl adjacent to an activating group) is 1. The molecule has 0 fully saturated rings. The predicted molar refractivity (Wildman–Crippen MR) is 131 cm³/mol. The molecule has 3 rings (SSSR count). The Balaban J connectivity index is 1.89. The summed E-state index contributed by atoms with van der Waals surface area (Å²) in [6.07, 6.45) is 0. The van der Waals surface area contributed by atoms with Crippen molar-refractivity contribution in [2.45, 2.75) is 26.6 Å². The van der Waals surface area contributed by atoms with Crippen LogP contribution in [0.4, 0.5) is 5.82 Å². The zero-order valence-electron chi connectivity index (χ0n) is 19.9. The number of benzene rings is 2. The van der Waals surface area contributed by atoms with Crippen molar-refractivity contribution in [2.75, 3.05) is 33.5 Å². The predicted octanol–water partition coefficient (Wildman–Crippen LogP) is 1.99. The summed E-state index contributed by atoms with van der Waals surface area (Å²) in [6, 6.07) is 14.8. The Morgan fingerprint density at radius 3 is 2.26 bits per heavy atom. The molecule has 3 aromatic rings. The van der Waals surface area contributed by atoms with Gasteiger partial charge in [0, 0.05) is 13.1 Å². The van der Waals surface area contributed by atoms with Gasteiger partial charge in [0.2, 0.25) is 0 Å². The maximum Gasteiger partial charge on any atom is 0.332 e. The highest BCUT2D eigenvalue weighted by Gasteiger charge is 2.23. The first-order chi connectivity index (χ1) is 16.3. The van der Waals surface area contributed by atoms with Gasteiger partial charge >= 0.3 is 5.69 Å². The van der Waals surface area contributed by atoms with Crippen LogP contribution in [0.2, 0.25) is 0 Å². The van der Waals surface area contributed by atoms with Crippen LogP contribution in [0.5, 0.6) is 11.5 Å². The van der Waals surface area contributed by atoms with Crippen molar-refractivity contribution in [1.82, 2.24) is 14.0 Å². The summed E-state index contributed by atoms with van der Waals surface area (Å²) in [5.41, 5.74) is 6.60. The number of anilines is 1. The zero-order chi connectivity index (χ0) is 24.8. The van der Waals surface area contributed by atoms with E-state index in [4.69, 9.17) is 15.2 Å². The second-order valence-corrected chi connectivity index (χ2v) is 7.95. The number of ketones is 1. The van der Waals surface area contributed by atoms with Crippen LogP contribution in [-0.4, -0.2) is 47.6 Å². The molecule has 2 N–H and O–H groups in total. The average Bonchev–Trinajstić information content (AvgIpc) is 2.82. The molecule has 0 aliphatic rings. The lowest BCUT2D eigenvalue weighted by atomic mass is 10.1. The number of Topliss-reactive ketones (excluding diaryl/α,β-unsaturated/α-hetero) is 1. The number of aromatic nitrogens is 2. The van der Waals surface area contributed by atoms with Crippen molar-refractivity contribution >= 4 is 11.6 Å². The summed E-state index contributed by atoms with van der Waals surface area (Å²) in [7, 11) is 4.89. The van der Waals surface area contributed by atoms with Gasteiger partial charge in [-0.1, -0.05) is 36.4 Å². The fourth-order valence-electron chi connectivity index (χ4n) is 3.85. The molecule has 2 aromatic carbocycles. The number of carbonyl (C=O) groups is 1. The van der Waals surface area contributed by atoms with E-state index in [2.05, 4.69) is 0 Å². The van der Waals surface area contributed by atoms with Crippen molar-refractivity contribution in [2.24, 2.45) is 0 Å². The van der Waals surface area contributed by atoms with Gasteiger partial charge in [0.05, 0.1) is 27.3 Å². The molecular formula is C25H30N4O5. The third-order valence-corrected chi connectivity index (χ3v) is 5.56. The van der Waals surface area contributed by atoms with E-state index in [0.29, 0.717) is 18.0 Å². The molecule has 0 spiro atoms. The first kappa shape index (κ1) is 24.8. The molecule has 0 bridgehead atoms. The lowest BCUT2D eigenvalue weighted by Crippen LogP contribution is -2.45. The van der Waals surface area contributed by atoms with Crippen LogP contribution in [0.15, 0.2) is 58.1 Å². The largest absolute Gasteiger partial charge is 0.493 e. The van der Waals surface area contributed by atoms with Crippen LogP contribution in [-0.2, 0) is 19.6 Å². The molecule has 0 saturated carbocycles. The number of methoxy groups -OCH3 is 2. The fourth-order valence-corrected chi connectivity index (χ4v) is 3.85. The van der Waals surface area contributed by atoms with Crippen molar-refractivity contribution in [1.29, 1.82) is 0 Å². The number of ether oxygens (including phenoxy) is 2. The van der Waals surface area contributed by atoms with Crippen molar-refractivity contribution in [3.05, 3.63) is 86.1 Å². The summed E-state index contributed by atoms with van der Waals surface area (Å²) in [5, 5.41) is 0. The van der Waals surface area contributed by atoms with E-state index < -0.39 is 17.0 Å². The Morgan fingerprint density at radius 2 is 1.65 bits per heavy atom. The number of hydrogen-bond acceptors (Lipinski definition) is 7. The third-order valence-electron chi connectivity index (χ3n) is 5.56. The van der Waals surface area contributed by atoms with Crippen LogP contribution < -0.4 is 26.5 Å². The maximum absolute atomic E-state index is 13.2. The Morgan fingerprint density at radius 1 is 0.971 bits per heavy atom. The second-order valence-electron chi connectivity index (χ2n) is 7.95. The van der Waals surface area contributed by atoms with E-state index in [1.807, 2.05) is 42.5 Å². The topological polar surface area (TPSA) is 109 Å². The summed E-state index contributed by atoms with van der Waals surface area (Å²) >= 11 is 0. The van der Waals surface area contributed by atoms with E-state index in [1.165, 1.54) is 4.57 Å². The van der Waals surface area contributed by atoms with Crippen molar-refractivity contribution < 1.29 is 14.3 Å². The zero-order valence-corrected chi connectivity index (χ0v) is 19.9. The normalized spacial score (nSPS) is 11.0. The van der Waals surface area contributed by atoms with E-state index in [1.54, 1.807) is 39.2 Å². The Bertz CT molecular complexity index is 1280. The molecule has 1 heterocycles. The van der Waals surface area contributed by atoms with Crippen molar-refractivity contribution in [3.8, 4) is 11.5 Å². The molecule has 0 atom stereocenters.